The number of pyridine rings is 1. The van der Waals surface area contributed by atoms with Crippen LogP contribution in [0.5, 0.6) is 11.5 Å². The van der Waals surface area contributed by atoms with E-state index in [9.17, 15) is 4.79 Å². The van der Waals surface area contributed by atoms with Gasteiger partial charge in [-0.3, -0.25) is 4.98 Å². The van der Waals surface area contributed by atoms with Crippen molar-refractivity contribution in [3.63, 3.8) is 0 Å². The van der Waals surface area contributed by atoms with Crippen LogP contribution < -0.4 is 25.0 Å². The summed E-state index contributed by atoms with van der Waals surface area (Å²) >= 11 is 0. The molecule has 5 rings (SSSR count). The molecule has 2 aromatic heterocycles. The molecule has 0 radical (unpaired) electrons. The van der Waals surface area contributed by atoms with Crippen LogP contribution in [0.15, 0.2) is 54.9 Å². The summed E-state index contributed by atoms with van der Waals surface area (Å²) < 4.78 is 11.1. The second-order valence-corrected chi connectivity index (χ2v) is 7.40. The number of nitrogens with zero attached hydrogens (tertiary/aromatic N) is 5. The first-order valence-corrected chi connectivity index (χ1v) is 10.5. The Hall–Kier alpha value is -4.08. The van der Waals surface area contributed by atoms with Crippen LogP contribution in [0.1, 0.15) is 0 Å². The topological polar surface area (TPSA) is 105 Å². The zero-order valence-corrected chi connectivity index (χ0v) is 17.4. The van der Waals surface area contributed by atoms with E-state index in [-0.39, 0.29) is 6.03 Å². The van der Waals surface area contributed by atoms with Crippen molar-refractivity contribution in [2.75, 3.05) is 54.9 Å². The summed E-state index contributed by atoms with van der Waals surface area (Å²) in [5, 5.41) is 14.7. The average Bonchev–Trinajstić information content (AvgIpc) is 2.85. The molecule has 0 aliphatic carbocycles. The van der Waals surface area contributed by atoms with Crippen LogP contribution in [0.25, 0.3) is 0 Å². The number of piperazine rings is 1. The van der Waals surface area contributed by atoms with Gasteiger partial charge in [-0.25, -0.2) is 4.79 Å². The van der Waals surface area contributed by atoms with Crippen molar-refractivity contribution in [2.45, 2.75) is 0 Å². The number of hydrogen-bond donors (Lipinski definition) is 2. The number of ether oxygens (including phenoxy) is 2. The van der Waals surface area contributed by atoms with E-state index in [1.165, 1.54) is 0 Å². The molecule has 2 aliphatic heterocycles. The lowest BCUT2D eigenvalue weighted by Crippen LogP contribution is -2.50. The molecule has 4 heterocycles. The van der Waals surface area contributed by atoms with Crippen molar-refractivity contribution in [2.24, 2.45) is 0 Å². The lowest BCUT2D eigenvalue weighted by atomic mass is 10.2. The van der Waals surface area contributed by atoms with E-state index in [1.807, 2.05) is 36.4 Å². The number of benzene rings is 1. The van der Waals surface area contributed by atoms with Crippen molar-refractivity contribution in [3.05, 3.63) is 54.9 Å². The van der Waals surface area contributed by atoms with Gasteiger partial charge in [0.05, 0.1) is 0 Å². The Morgan fingerprint density at radius 1 is 0.844 bits per heavy atom. The lowest BCUT2D eigenvalue weighted by Gasteiger charge is -2.35. The van der Waals surface area contributed by atoms with Crippen LogP contribution in [0.4, 0.5) is 27.8 Å². The number of carbonyl (C=O) groups is 1. The van der Waals surface area contributed by atoms with Gasteiger partial charge in [0.2, 0.25) is 0 Å². The zero-order chi connectivity index (χ0) is 21.8. The predicted octanol–water partition coefficient (Wildman–Crippen LogP) is 2.74. The molecule has 2 aliphatic rings. The highest BCUT2D eigenvalue weighted by Gasteiger charge is 2.23. The summed E-state index contributed by atoms with van der Waals surface area (Å²) in [5.74, 6) is 2.81. The van der Waals surface area contributed by atoms with Crippen LogP contribution in [0.2, 0.25) is 0 Å². The molecule has 10 nitrogen and oxygen atoms in total. The summed E-state index contributed by atoms with van der Waals surface area (Å²) in [6.07, 6.45) is 3.43. The molecule has 1 fully saturated rings. The van der Waals surface area contributed by atoms with Crippen molar-refractivity contribution in [3.8, 4) is 11.5 Å². The van der Waals surface area contributed by atoms with Crippen LogP contribution >= 0.6 is 0 Å². The van der Waals surface area contributed by atoms with E-state index >= 15 is 0 Å². The highest BCUT2D eigenvalue weighted by molar-refractivity contribution is 5.90. The minimum absolute atomic E-state index is 0.135. The Morgan fingerprint density at radius 2 is 1.62 bits per heavy atom. The summed E-state index contributed by atoms with van der Waals surface area (Å²) in [6.45, 7) is 3.60. The molecule has 0 bridgehead atoms. The monoisotopic (exact) mass is 433 g/mol. The maximum Gasteiger partial charge on any atom is 0.321 e. The van der Waals surface area contributed by atoms with Crippen molar-refractivity contribution in [1.29, 1.82) is 0 Å². The quantitative estimate of drug-likeness (QED) is 0.647. The molecule has 2 N–H and O–H groups in total. The fourth-order valence-corrected chi connectivity index (χ4v) is 3.61. The fourth-order valence-electron chi connectivity index (χ4n) is 3.61. The number of urea groups is 1. The van der Waals surface area contributed by atoms with Gasteiger partial charge in [-0.15, -0.1) is 10.2 Å². The minimum atomic E-state index is -0.135. The maximum absolute atomic E-state index is 12.7. The molecule has 10 heteroatoms. The van der Waals surface area contributed by atoms with Gasteiger partial charge in [0, 0.05) is 56.0 Å². The molecule has 0 atom stereocenters. The Balaban J connectivity index is 1.14. The fraction of sp³-hybridized carbons (Fsp3) is 0.273. The van der Waals surface area contributed by atoms with Gasteiger partial charge < -0.3 is 29.9 Å². The van der Waals surface area contributed by atoms with Gasteiger partial charge in [0.1, 0.15) is 13.2 Å². The highest BCUT2D eigenvalue weighted by Crippen LogP contribution is 2.32. The van der Waals surface area contributed by atoms with Gasteiger partial charge in [-0.1, -0.05) is 0 Å². The molecule has 1 aromatic carbocycles. The molecule has 3 aromatic rings. The summed E-state index contributed by atoms with van der Waals surface area (Å²) in [4.78, 5) is 20.6. The molecular formula is C22H23N7O3. The molecule has 1 saturated heterocycles. The van der Waals surface area contributed by atoms with E-state index in [4.69, 9.17) is 9.47 Å². The lowest BCUT2D eigenvalue weighted by molar-refractivity contribution is 0.171. The van der Waals surface area contributed by atoms with E-state index < -0.39 is 0 Å². The highest BCUT2D eigenvalue weighted by atomic mass is 16.6. The van der Waals surface area contributed by atoms with Gasteiger partial charge in [-0.05, 0) is 36.4 Å². The third kappa shape index (κ3) is 4.48. The van der Waals surface area contributed by atoms with E-state index in [2.05, 4.69) is 30.7 Å². The summed E-state index contributed by atoms with van der Waals surface area (Å²) in [6, 6.07) is 12.8. The third-order valence-corrected chi connectivity index (χ3v) is 5.29. The Kier molecular flexibility index (Phi) is 5.56. The number of aromatic nitrogens is 3. The number of rotatable bonds is 4. The van der Waals surface area contributed by atoms with E-state index in [0.717, 1.165) is 11.5 Å². The van der Waals surface area contributed by atoms with Crippen LogP contribution in [0.3, 0.4) is 0 Å². The number of amides is 2. The molecule has 0 spiro atoms. The largest absolute Gasteiger partial charge is 0.486 e. The average molecular weight is 433 g/mol. The Bertz CT molecular complexity index is 1070. The van der Waals surface area contributed by atoms with Gasteiger partial charge >= 0.3 is 6.03 Å². The minimum Gasteiger partial charge on any atom is -0.486 e. The first-order chi connectivity index (χ1) is 15.7. The first-order valence-electron chi connectivity index (χ1n) is 10.5. The second kappa shape index (κ2) is 8.96. The number of anilines is 4. The second-order valence-electron chi connectivity index (χ2n) is 7.40. The molecule has 0 unspecified atom stereocenters. The van der Waals surface area contributed by atoms with Crippen LogP contribution in [0, 0.1) is 0 Å². The predicted molar refractivity (Wildman–Crippen MR) is 120 cm³/mol. The third-order valence-electron chi connectivity index (χ3n) is 5.29. The van der Waals surface area contributed by atoms with Crippen LogP contribution in [-0.2, 0) is 0 Å². The number of carbonyl (C=O) groups excluding carboxylic acids is 1. The van der Waals surface area contributed by atoms with Crippen LogP contribution in [-0.4, -0.2) is 65.5 Å². The first kappa shape index (κ1) is 19.9. The number of fused-ring (bicyclic) bond motifs is 1. The molecule has 2 amide bonds. The smallest absolute Gasteiger partial charge is 0.321 e. The number of nitrogens with one attached hydrogen (secondary N) is 2. The SMILES string of the molecule is O=C(Nc1ccc2c(c1)OCCO2)N1CCN(c2ccc(Nc3ccncc3)nn2)CC1. The van der Waals surface area contributed by atoms with Gasteiger partial charge in [0.15, 0.2) is 23.1 Å². The summed E-state index contributed by atoms with van der Waals surface area (Å²) in [5.41, 5.74) is 1.59. The Labute approximate surface area is 185 Å². The molecule has 0 saturated carbocycles. The normalized spacial score (nSPS) is 15.2. The maximum atomic E-state index is 12.7. The van der Waals surface area contributed by atoms with Crippen molar-refractivity contribution < 1.29 is 14.3 Å². The zero-order valence-electron chi connectivity index (χ0n) is 17.4. The standard InChI is InChI=1S/C22H23N7O3/c30-22(25-17-1-2-18-19(15-17)32-14-13-31-18)29-11-9-28(10-12-29)21-4-3-20(26-27-21)24-16-5-7-23-8-6-16/h1-8,15H,9-14H2,(H,25,30)(H,23,24,26). The molecular weight excluding hydrogens is 410 g/mol. The van der Waals surface area contributed by atoms with E-state index in [1.54, 1.807) is 23.4 Å². The number of hydrogen-bond acceptors (Lipinski definition) is 8. The molecule has 164 valence electrons. The van der Waals surface area contributed by atoms with Gasteiger partial charge in [0.25, 0.3) is 0 Å². The van der Waals surface area contributed by atoms with Gasteiger partial charge in [-0.2, -0.15) is 0 Å². The molecule has 32 heavy (non-hydrogen) atoms. The Morgan fingerprint density at radius 3 is 2.38 bits per heavy atom. The summed E-state index contributed by atoms with van der Waals surface area (Å²) in [7, 11) is 0. The van der Waals surface area contributed by atoms with Crippen molar-refractivity contribution >= 4 is 29.0 Å². The van der Waals surface area contributed by atoms with E-state index in [0.29, 0.717) is 62.4 Å². The van der Waals surface area contributed by atoms with Crippen molar-refractivity contribution in [1.82, 2.24) is 20.1 Å².